The number of carbonyl (C=O) groups is 1. The smallest absolute Gasteiger partial charge is 0.223 e. The van der Waals surface area contributed by atoms with Gasteiger partial charge < -0.3 is 10.0 Å². The van der Waals surface area contributed by atoms with Gasteiger partial charge in [-0.25, -0.2) is 4.39 Å². The fourth-order valence-electron chi connectivity index (χ4n) is 2.73. The summed E-state index contributed by atoms with van der Waals surface area (Å²) in [4.78, 5) is 13.7. The highest BCUT2D eigenvalue weighted by Gasteiger charge is 2.52. The van der Waals surface area contributed by atoms with Crippen LogP contribution in [-0.2, 0) is 11.2 Å². The molecule has 0 unspecified atom stereocenters. The van der Waals surface area contributed by atoms with Crippen molar-refractivity contribution in [2.75, 3.05) is 13.1 Å². The van der Waals surface area contributed by atoms with Gasteiger partial charge in [-0.2, -0.15) is 0 Å². The summed E-state index contributed by atoms with van der Waals surface area (Å²) in [6, 6.07) is 6.24. The van der Waals surface area contributed by atoms with Crippen LogP contribution in [0.25, 0.3) is 0 Å². The lowest BCUT2D eigenvalue weighted by molar-refractivity contribution is -0.159. The summed E-state index contributed by atoms with van der Waals surface area (Å²) in [5.41, 5.74) is 0.360. The molecular formula is C15H18FNO2. The number of aliphatic hydroxyl groups is 1. The van der Waals surface area contributed by atoms with Crippen LogP contribution in [0.15, 0.2) is 24.3 Å². The SMILES string of the molecule is O=C(CCc1ccc(F)cc1)N1CC(O)(C2CC2)C1. The zero-order chi connectivity index (χ0) is 13.5. The number of amides is 1. The molecule has 2 aliphatic rings. The average Bonchev–Trinajstić information content (AvgIpc) is 3.18. The van der Waals surface area contributed by atoms with E-state index < -0.39 is 5.60 Å². The van der Waals surface area contributed by atoms with Crippen LogP contribution in [0.2, 0.25) is 0 Å². The first-order valence-electron chi connectivity index (χ1n) is 6.81. The number of halogens is 1. The minimum atomic E-state index is -0.606. The van der Waals surface area contributed by atoms with Crippen molar-refractivity contribution >= 4 is 5.91 Å². The summed E-state index contributed by atoms with van der Waals surface area (Å²) in [6.45, 7) is 0.972. The maximum absolute atomic E-state index is 12.7. The molecule has 4 heteroatoms. The molecule has 0 radical (unpaired) electrons. The molecule has 3 rings (SSSR count). The second-order valence-corrected chi connectivity index (χ2v) is 5.75. The van der Waals surface area contributed by atoms with Gasteiger partial charge in [0.1, 0.15) is 11.4 Å². The number of benzene rings is 1. The molecule has 19 heavy (non-hydrogen) atoms. The predicted molar refractivity (Wildman–Crippen MR) is 69.0 cm³/mol. The molecule has 0 spiro atoms. The summed E-state index contributed by atoms with van der Waals surface area (Å²) in [7, 11) is 0. The highest BCUT2D eigenvalue weighted by molar-refractivity contribution is 5.77. The van der Waals surface area contributed by atoms with E-state index in [4.69, 9.17) is 0 Å². The Kier molecular flexibility index (Phi) is 3.05. The number of hydrogen-bond acceptors (Lipinski definition) is 2. The molecule has 1 N–H and O–H groups in total. The van der Waals surface area contributed by atoms with E-state index in [0.717, 1.165) is 18.4 Å². The zero-order valence-corrected chi connectivity index (χ0v) is 10.8. The van der Waals surface area contributed by atoms with Crippen LogP contribution in [0.4, 0.5) is 4.39 Å². The minimum absolute atomic E-state index is 0.0784. The predicted octanol–water partition coefficient (Wildman–Crippen LogP) is 1.74. The van der Waals surface area contributed by atoms with Crippen LogP contribution in [0.1, 0.15) is 24.8 Å². The van der Waals surface area contributed by atoms with Gasteiger partial charge in [0, 0.05) is 6.42 Å². The quantitative estimate of drug-likeness (QED) is 0.899. The van der Waals surface area contributed by atoms with Gasteiger partial charge in [-0.05, 0) is 42.9 Å². The molecule has 1 aromatic carbocycles. The molecule has 102 valence electrons. The third-order valence-corrected chi connectivity index (χ3v) is 4.16. The van der Waals surface area contributed by atoms with Gasteiger partial charge in [0.05, 0.1) is 13.1 Å². The first kappa shape index (κ1) is 12.6. The first-order valence-corrected chi connectivity index (χ1v) is 6.81. The number of carbonyl (C=O) groups excluding carboxylic acids is 1. The second kappa shape index (κ2) is 4.60. The van der Waals surface area contributed by atoms with Crippen LogP contribution >= 0.6 is 0 Å². The van der Waals surface area contributed by atoms with Gasteiger partial charge in [-0.1, -0.05) is 12.1 Å². The molecule has 0 aromatic heterocycles. The highest BCUT2D eigenvalue weighted by Crippen LogP contribution is 2.44. The Labute approximate surface area is 112 Å². The number of β-amino-alcohol motifs (C(OH)–C–C–N with tert-alkyl or cyclic N) is 1. The Hall–Kier alpha value is -1.42. The maximum atomic E-state index is 12.7. The van der Waals surface area contributed by atoms with Crippen LogP contribution in [0.5, 0.6) is 0 Å². The summed E-state index contributed by atoms with van der Waals surface area (Å²) in [6.07, 6.45) is 3.23. The Morgan fingerprint density at radius 1 is 1.32 bits per heavy atom. The van der Waals surface area contributed by atoms with E-state index in [1.54, 1.807) is 17.0 Å². The molecule has 1 saturated carbocycles. The van der Waals surface area contributed by atoms with Crippen LogP contribution in [0, 0.1) is 11.7 Å². The van der Waals surface area contributed by atoms with Crippen molar-refractivity contribution in [3.05, 3.63) is 35.6 Å². The summed E-state index contributed by atoms with van der Waals surface area (Å²) in [5, 5.41) is 10.1. The highest BCUT2D eigenvalue weighted by atomic mass is 19.1. The maximum Gasteiger partial charge on any atom is 0.223 e. The lowest BCUT2D eigenvalue weighted by Gasteiger charge is -2.47. The third kappa shape index (κ3) is 2.63. The van der Waals surface area contributed by atoms with Crippen molar-refractivity contribution in [3.8, 4) is 0 Å². The van der Waals surface area contributed by atoms with Crippen molar-refractivity contribution < 1.29 is 14.3 Å². The monoisotopic (exact) mass is 263 g/mol. The molecule has 1 aliphatic heterocycles. The van der Waals surface area contributed by atoms with Crippen molar-refractivity contribution in [2.45, 2.75) is 31.3 Å². The summed E-state index contributed by atoms with van der Waals surface area (Å²) in [5.74, 6) is 0.232. The standard InChI is InChI=1S/C15H18FNO2/c16-13-6-1-11(2-7-13)3-8-14(18)17-9-15(19,10-17)12-4-5-12/h1-2,6-7,12,19H,3-5,8-10H2. The van der Waals surface area contributed by atoms with Gasteiger partial charge >= 0.3 is 0 Å². The van der Waals surface area contributed by atoms with E-state index in [9.17, 15) is 14.3 Å². The van der Waals surface area contributed by atoms with E-state index in [1.165, 1.54) is 12.1 Å². The molecule has 1 aromatic rings. The topological polar surface area (TPSA) is 40.5 Å². The van der Waals surface area contributed by atoms with E-state index in [-0.39, 0.29) is 11.7 Å². The Morgan fingerprint density at radius 3 is 2.53 bits per heavy atom. The Bertz CT molecular complexity index is 475. The third-order valence-electron chi connectivity index (χ3n) is 4.16. The molecule has 3 nitrogen and oxygen atoms in total. The minimum Gasteiger partial charge on any atom is -0.386 e. The van der Waals surface area contributed by atoms with Crippen LogP contribution in [-0.4, -0.2) is 34.6 Å². The molecule has 1 heterocycles. The lowest BCUT2D eigenvalue weighted by Crippen LogP contribution is -2.64. The number of rotatable bonds is 4. The number of likely N-dealkylation sites (tertiary alicyclic amines) is 1. The molecular weight excluding hydrogens is 245 g/mol. The summed E-state index contributed by atoms with van der Waals surface area (Å²) < 4.78 is 12.7. The zero-order valence-electron chi connectivity index (χ0n) is 10.8. The normalized spacial score (nSPS) is 21.1. The van der Waals surface area contributed by atoms with Crippen LogP contribution < -0.4 is 0 Å². The van der Waals surface area contributed by atoms with Crippen molar-refractivity contribution in [3.63, 3.8) is 0 Å². The van der Waals surface area contributed by atoms with Gasteiger partial charge in [0.15, 0.2) is 0 Å². The van der Waals surface area contributed by atoms with Gasteiger partial charge in [0.2, 0.25) is 5.91 Å². The number of aryl methyl sites for hydroxylation is 1. The van der Waals surface area contributed by atoms with Gasteiger partial charge in [-0.3, -0.25) is 4.79 Å². The van der Waals surface area contributed by atoms with Gasteiger partial charge in [0.25, 0.3) is 0 Å². The summed E-state index contributed by atoms with van der Waals surface area (Å²) >= 11 is 0. The largest absolute Gasteiger partial charge is 0.386 e. The van der Waals surface area contributed by atoms with Crippen molar-refractivity contribution in [1.29, 1.82) is 0 Å². The first-order chi connectivity index (χ1) is 9.07. The molecule has 1 aliphatic carbocycles. The number of hydrogen-bond donors (Lipinski definition) is 1. The fourth-order valence-corrected chi connectivity index (χ4v) is 2.73. The van der Waals surface area contributed by atoms with Crippen molar-refractivity contribution in [2.24, 2.45) is 5.92 Å². The Balaban J connectivity index is 1.46. The Morgan fingerprint density at radius 2 is 1.95 bits per heavy atom. The molecule has 0 atom stereocenters. The molecule has 1 amide bonds. The van der Waals surface area contributed by atoms with Crippen LogP contribution in [0.3, 0.4) is 0 Å². The average molecular weight is 263 g/mol. The van der Waals surface area contributed by atoms with Gasteiger partial charge in [-0.15, -0.1) is 0 Å². The van der Waals surface area contributed by atoms with E-state index >= 15 is 0 Å². The van der Waals surface area contributed by atoms with E-state index in [1.807, 2.05) is 0 Å². The molecule has 1 saturated heterocycles. The molecule has 0 bridgehead atoms. The van der Waals surface area contributed by atoms with Crippen molar-refractivity contribution in [1.82, 2.24) is 4.90 Å². The van der Waals surface area contributed by atoms with E-state index in [2.05, 4.69) is 0 Å². The second-order valence-electron chi connectivity index (χ2n) is 5.75. The molecule has 2 fully saturated rings. The van der Waals surface area contributed by atoms with E-state index in [0.29, 0.717) is 31.8 Å². The fraction of sp³-hybridized carbons (Fsp3) is 0.533. The number of nitrogens with zero attached hydrogens (tertiary/aromatic N) is 1. The lowest BCUT2D eigenvalue weighted by atomic mass is 9.88.